The highest BCUT2D eigenvalue weighted by atomic mass is 16.6. The number of carbonyl (C=O) groups excluding carboxylic acids is 2. The Balaban J connectivity index is 1.93. The molecule has 7 heteroatoms. The molecule has 29 heavy (non-hydrogen) atoms. The molecular formula is C22H38O7. The molecule has 3 N–H and O–H groups in total. The van der Waals surface area contributed by atoms with Crippen LogP contribution in [-0.4, -0.2) is 46.1 Å². The van der Waals surface area contributed by atoms with Crippen molar-refractivity contribution in [1.29, 1.82) is 0 Å². The lowest BCUT2D eigenvalue weighted by atomic mass is 10.0. The molecule has 1 rings (SSSR count). The van der Waals surface area contributed by atoms with E-state index >= 15 is 0 Å². The van der Waals surface area contributed by atoms with Gasteiger partial charge in [0.1, 0.15) is 12.7 Å². The second kappa shape index (κ2) is 15.1. The summed E-state index contributed by atoms with van der Waals surface area (Å²) in [5.74, 6) is -3.21. The van der Waals surface area contributed by atoms with Crippen LogP contribution in [0.2, 0.25) is 0 Å². The van der Waals surface area contributed by atoms with Gasteiger partial charge in [0.2, 0.25) is 5.76 Å². The number of aliphatic hydroxyl groups excluding tert-OH is 3. The Bertz CT molecular complexity index is 515. The highest BCUT2D eigenvalue weighted by Gasteiger charge is 2.39. The van der Waals surface area contributed by atoms with Crippen LogP contribution < -0.4 is 0 Å². The van der Waals surface area contributed by atoms with Crippen LogP contribution in [0.3, 0.4) is 0 Å². The zero-order valence-electron chi connectivity index (χ0n) is 17.7. The largest absolute Gasteiger partial charge is 0.505 e. The SMILES string of the molecule is CCCCCCCCCCCCCCCC(=O)OCC(O)[C@H]1OC(=O)C(O)=C1O. The van der Waals surface area contributed by atoms with Gasteiger partial charge in [0.15, 0.2) is 11.9 Å². The normalized spacial score (nSPS) is 17.4. The first kappa shape index (κ1) is 25.3. The van der Waals surface area contributed by atoms with Gasteiger partial charge in [-0.05, 0) is 6.42 Å². The number of unbranched alkanes of at least 4 members (excludes halogenated alkanes) is 12. The summed E-state index contributed by atoms with van der Waals surface area (Å²) in [7, 11) is 0. The van der Waals surface area contributed by atoms with Gasteiger partial charge >= 0.3 is 11.9 Å². The average Bonchev–Trinajstić information content (AvgIpc) is 2.97. The molecule has 1 aliphatic rings. The fraction of sp³-hybridized carbons (Fsp3) is 0.818. The lowest BCUT2D eigenvalue weighted by Gasteiger charge is -2.17. The Kier molecular flexibility index (Phi) is 13.2. The van der Waals surface area contributed by atoms with Crippen LogP contribution in [0.25, 0.3) is 0 Å². The zero-order chi connectivity index (χ0) is 21.5. The Labute approximate surface area is 174 Å². The lowest BCUT2D eigenvalue weighted by Crippen LogP contribution is -2.33. The molecule has 0 saturated carbocycles. The summed E-state index contributed by atoms with van der Waals surface area (Å²) in [6.07, 6.45) is 13.4. The molecule has 0 bridgehead atoms. The van der Waals surface area contributed by atoms with Gasteiger partial charge in [0.25, 0.3) is 0 Å². The highest BCUT2D eigenvalue weighted by molar-refractivity contribution is 5.89. The number of cyclic esters (lactones) is 1. The molecule has 1 heterocycles. The van der Waals surface area contributed by atoms with Crippen molar-refractivity contribution in [2.24, 2.45) is 0 Å². The molecule has 0 aliphatic carbocycles. The van der Waals surface area contributed by atoms with Crippen LogP contribution in [0.1, 0.15) is 96.8 Å². The number of rotatable bonds is 17. The molecule has 0 aromatic rings. The molecule has 0 saturated heterocycles. The van der Waals surface area contributed by atoms with E-state index in [0.29, 0.717) is 0 Å². The molecule has 0 aromatic carbocycles. The van der Waals surface area contributed by atoms with E-state index in [1.807, 2.05) is 0 Å². The first-order valence-corrected chi connectivity index (χ1v) is 11.1. The van der Waals surface area contributed by atoms with Crippen LogP contribution in [0.5, 0.6) is 0 Å². The second-order valence-corrected chi connectivity index (χ2v) is 7.80. The van der Waals surface area contributed by atoms with Gasteiger partial charge in [0, 0.05) is 6.42 Å². The minimum Gasteiger partial charge on any atom is -0.505 e. The lowest BCUT2D eigenvalue weighted by molar-refractivity contribution is -0.154. The monoisotopic (exact) mass is 414 g/mol. The van der Waals surface area contributed by atoms with E-state index in [1.165, 1.54) is 64.2 Å². The highest BCUT2D eigenvalue weighted by Crippen LogP contribution is 2.21. The summed E-state index contributed by atoms with van der Waals surface area (Å²) in [6.45, 7) is 1.83. The van der Waals surface area contributed by atoms with Crippen molar-refractivity contribution in [1.82, 2.24) is 0 Å². The van der Waals surface area contributed by atoms with Crippen molar-refractivity contribution in [3.05, 3.63) is 11.5 Å². The minimum atomic E-state index is -1.42. The maximum Gasteiger partial charge on any atom is 0.377 e. The van der Waals surface area contributed by atoms with Crippen LogP contribution in [0.4, 0.5) is 0 Å². The molecule has 7 nitrogen and oxygen atoms in total. The first-order valence-electron chi connectivity index (χ1n) is 11.1. The Hall–Kier alpha value is -1.76. The minimum absolute atomic E-state index is 0.266. The maximum atomic E-state index is 11.7. The smallest absolute Gasteiger partial charge is 0.377 e. The third kappa shape index (κ3) is 10.5. The summed E-state index contributed by atoms with van der Waals surface area (Å²) >= 11 is 0. The molecule has 2 atom stereocenters. The van der Waals surface area contributed by atoms with Crippen molar-refractivity contribution >= 4 is 11.9 Å². The summed E-state index contributed by atoms with van der Waals surface area (Å²) in [4.78, 5) is 22.8. The molecule has 0 amide bonds. The van der Waals surface area contributed by atoms with Crippen LogP contribution in [0, 0.1) is 0 Å². The van der Waals surface area contributed by atoms with Crippen molar-refractivity contribution in [3.8, 4) is 0 Å². The summed E-state index contributed by atoms with van der Waals surface area (Å²) in [5, 5.41) is 28.5. The molecule has 0 radical (unpaired) electrons. The number of esters is 2. The van der Waals surface area contributed by atoms with Crippen LogP contribution in [0.15, 0.2) is 11.5 Å². The Morgan fingerprint density at radius 1 is 0.931 bits per heavy atom. The van der Waals surface area contributed by atoms with E-state index in [9.17, 15) is 24.9 Å². The van der Waals surface area contributed by atoms with E-state index in [0.717, 1.165) is 19.3 Å². The van der Waals surface area contributed by atoms with Crippen molar-refractivity contribution in [2.45, 2.75) is 109 Å². The van der Waals surface area contributed by atoms with Gasteiger partial charge in [-0.3, -0.25) is 4.79 Å². The van der Waals surface area contributed by atoms with Crippen molar-refractivity contribution in [2.75, 3.05) is 6.61 Å². The van der Waals surface area contributed by atoms with E-state index < -0.39 is 42.3 Å². The number of hydrogen-bond donors (Lipinski definition) is 3. The van der Waals surface area contributed by atoms with Crippen LogP contribution >= 0.6 is 0 Å². The van der Waals surface area contributed by atoms with E-state index in [-0.39, 0.29) is 6.42 Å². The predicted molar refractivity (Wildman–Crippen MR) is 109 cm³/mol. The van der Waals surface area contributed by atoms with Gasteiger partial charge in [0.05, 0.1) is 0 Å². The quantitative estimate of drug-likeness (QED) is 0.235. The predicted octanol–water partition coefficient (Wildman–Crippen LogP) is 4.62. The van der Waals surface area contributed by atoms with Crippen molar-refractivity contribution < 1.29 is 34.4 Å². The Morgan fingerprint density at radius 3 is 1.86 bits per heavy atom. The number of ether oxygens (including phenoxy) is 2. The summed E-state index contributed by atoms with van der Waals surface area (Å²) in [5.41, 5.74) is 0. The third-order valence-electron chi connectivity index (χ3n) is 5.19. The van der Waals surface area contributed by atoms with E-state index in [2.05, 4.69) is 11.7 Å². The van der Waals surface area contributed by atoms with E-state index in [1.54, 1.807) is 0 Å². The van der Waals surface area contributed by atoms with Gasteiger partial charge < -0.3 is 24.8 Å². The Morgan fingerprint density at radius 2 is 1.41 bits per heavy atom. The standard InChI is InChI=1S/C22H38O7/c1-2-3-4-5-6-7-8-9-10-11-12-13-14-15-18(24)28-16-17(23)21-19(25)20(26)22(27)29-21/h17,21,23,25-26H,2-16H2,1H3/t17?,21-/m1/s1. The van der Waals surface area contributed by atoms with Gasteiger partial charge in [-0.25, -0.2) is 4.79 Å². The molecule has 1 unspecified atom stereocenters. The second-order valence-electron chi connectivity index (χ2n) is 7.80. The maximum absolute atomic E-state index is 11.7. The molecule has 0 aromatic heterocycles. The number of carbonyl (C=O) groups is 2. The third-order valence-corrected chi connectivity index (χ3v) is 5.19. The summed E-state index contributed by atoms with van der Waals surface area (Å²) < 4.78 is 9.55. The van der Waals surface area contributed by atoms with Gasteiger partial charge in [-0.2, -0.15) is 0 Å². The molecule has 1 aliphatic heterocycles. The molecule has 168 valence electrons. The van der Waals surface area contributed by atoms with Gasteiger partial charge in [-0.15, -0.1) is 0 Å². The molecular weight excluding hydrogens is 376 g/mol. The topological polar surface area (TPSA) is 113 Å². The first-order chi connectivity index (χ1) is 14.0. The van der Waals surface area contributed by atoms with Crippen LogP contribution in [-0.2, 0) is 19.1 Å². The average molecular weight is 415 g/mol. The fourth-order valence-corrected chi connectivity index (χ4v) is 3.35. The molecule has 0 fully saturated rings. The number of aliphatic hydroxyl groups is 3. The van der Waals surface area contributed by atoms with Gasteiger partial charge in [-0.1, -0.05) is 84.0 Å². The zero-order valence-corrected chi connectivity index (χ0v) is 17.7. The molecule has 0 spiro atoms. The number of hydrogen-bond acceptors (Lipinski definition) is 7. The van der Waals surface area contributed by atoms with Crippen molar-refractivity contribution in [3.63, 3.8) is 0 Å². The summed E-state index contributed by atoms with van der Waals surface area (Å²) in [6, 6.07) is 0. The fourth-order valence-electron chi connectivity index (χ4n) is 3.35. The van der Waals surface area contributed by atoms with E-state index in [4.69, 9.17) is 4.74 Å².